The van der Waals surface area contributed by atoms with Gasteiger partial charge in [-0.2, -0.15) is 0 Å². The van der Waals surface area contributed by atoms with E-state index in [9.17, 15) is 4.79 Å². The van der Waals surface area contributed by atoms with Gasteiger partial charge in [0, 0.05) is 6.54 Å². The summed E-state index contributed by atoms with van der Waals surface area (Å²) in [6.07, 6.45) is 1.80. The first-order valence-electron chi connectivity index (χ1n) is 6.71. The third kappa shape index (κ3) is 6.26. The molecule has 0 radical (unpaired) electrons. The number of aryl methyl sites for hydroxylation is 1. The van der Waals surface area contributed by atoms with Gasteiger partial charge in [-0.05, 0) is 36.5 Å². The van der Waals surface area contributed by atoms with Gasteiger partial charge in [-0.25, -0.2) is 0 Å². The molecule has 1 aromatic carbocycles. The van der Waals surface area contributed by atoms with E-state index in [4.69, 9.17) is 10.5 Å². The topological polar surface area (TPSA) is 64.3 Å². The SMILES string of the molecule is COc1cccc(CCCNC(=O)[C@@H](N)C(C)C)c1.Cl. The largest absolute Gasteiger partial charge is 0.497 e. The maximum atomic E-state index is 11.6. The highest BCUT2D eigenvalue weighted by molar-refractivity contribution is 5.85. The molecule has 0 aromatic heterocycles. The number of hydrogen-bond donors (Lipinski definition) is 2. The third-order valence-corrected chi connectivity index (χ3v) is 3.10. The number of hydrogen-bond acceptors (Lipinski definition) is 3. The van der Waals surface area contributed by atoms with Crippen LogP contribution in [-0.2, 0) is 11.2 Å². The normalized spacial score (nSPS) is 11.7. The number of carbonyl (C=O) groups is 1. The molecule has 0 saturated heterocycles. The van der Waals surface area contributed by atoms with Crippen LogP contribution in [0.2, 0.25) is 0 Å². The standard InChI is InChI=1S/C15H24N2O2.ClH/c1-11(2)14(16)15(18)17-9-5-7-12-6-4-8-13(10-12)19-3;/h4,6,8,10-11,14H,5,7,9,16H2,1-3H3,(H,17,18);1H/t14-;/m0./s1. The summed E-state index contributed by atoms with van der Waals surface area (Å²) < 4.78 is 5.17. The van der Waals surface area contributed by atoms with Crippen molar-refractivity contribution >= 4 is 18.3 Å². The van der Waals surface area contributed by atoms with Crippen molar-refractivity contribution in [2.24, 2.45) is 11.7 Å². The van der Waals surface area contributed by atoms with Crippen LogP contribution in [0.4, 0.5) is 0 Å². The van der Waals surface area contributed by atoms with E-state index in [0.29, 0.717) is 6.54 Å². The summed E-state index contributed by atoms with van der Waals surface area (Å²) in [7, 11) is 1.66. The summed E-state index contributed by atoms with van der Waals surface area (Å²) in [5, 5.41) is 2.87. The average Bonchev–Trinajstić information content (AvgIpc) is 2.42. The molecular weight excluding hydrogens is 276 g/mol. The first-order chi connectivity index (χ1) is 9.04. The van der Waals surface area contributed by atoms with E-state index >= 15 is 0 Å². The number of nitrogens with two attached hydrogens (primary N) is 1. The molecule has 1 atom stereocenters. The highest BCUT2D eigenvalue weighted by Gasteiger charge is 2.15. The van der Waals surface area contributed by atoms with E-state index < -0.39 is 6.04 Å². The molecule has 0 fully saturated rings. The monoisotopic (exact) mass is 300 g/mol. The third-order valence-electron chi connectivity index (χ3n) is 3.10. The first-order valence-corrected chi connectivity index (χ1v) is 6.71. The highest BCUT2D eigenvalue weighted by atomic mass is 35.5. The number of ether oxygens (including phenoxy) is 1. The Morgan fingerprint density at radius 3 is 2.70 bits per heavy atom. The molecule has 1 rings (SSSR count). The molecule has 0 unspecified atom stereocenters. The predicted molar refractivity (Wildman–Crippen MR) is 84.4 cm³/mol. The molecule has 0 saturated carbocycles. The first kappa shape index (κ1) is 18.7. The second kappa shape index (κ2) is 9.61. The van der Waals surface area contributed by atoms with Crippen molar-refractivity contribution in [2.75, 3.05) is 13.7 Å². The Morgan fingerprint density at radius 2 is 2.10 bits per heavy atom. The maximum Gasteiger partial charge on any atom is 0.237 e. The number of methoxy groups -OCH3 is 1. The van der Waals surface area contributed by atoms with Crippen LogP contribution in [0.25, 0.3) is 0 Å². The summed E-state index contributed by atoms with van der Waals surface area (Å²) in [6, 6.07) is 7.55. The molecule has 4 nitrogen and oxygen atoms in total. The molecular formula is C15H25ClN2O2. The van der Waals surface area contributed by atoms with Crippen LogP contribution in [0.3, 0.4) is 0 Å². The Hall–Kier alpha value is -1.26. The minimum absolute atomic E-state index is 0. The molecule has 0 aliphatic carbocycles. The van der Waals surface area contributed by atoms with Crippen molar-refractivity contribution in [3.05, 3.63) is 29.8 Å². The summed E-state index contributed by atoms with van der Waals surface area (Å²) in [4.78, 5) is 11.6. The lowest BCUT2D eigenvalue weighted by Crippen LogP contribution is -2.44. The molecule has 0 aliphatic heterocycles. The number of carbonyl (C=O) groups excluding carboxylic acids is 1. The summed E-state index contributed by atoms with van der Waals surface area (Å²) in [5.41, 5.74) is 6.97. The second-order valence-corrected chi connectivity index (χ2v) is 5.02. The number of nitrogens with one attached hydrogen (secondary N) is 1. The van der Waals surface area contributed by atoms with Crippen molar-refractivity contribution in [2.45, 2.75) is 32.7 Å². The zero-order valence-electron chi connectivity index (χ0n) is 12.4. The Morgan fingerprint density at radius 1 is 1.40 bits per heavy atom. The van der Waals surface area contributed by atoms with E-state index in [1.54, 1.807) is 7.11 Å². The molecule has 0 aliphatic rings. The van der Waals surface area contributed by atoms with Crippen molar-refractivity contribution in [1.29, 1.82) is 0 Å². The van der Waals surface area contributed by atoms with Crippen LogP contribution in [0.1, 0.15) is 25.8 Å². The van der Waals surface area contributed by atoms with Gasteiger partial charge in [-0.15, -0.1) is 12.4 Å². The van der Waals surface area contributed by atoms with Crippen molar-refractivity contribution < 1.29 is 9.53 Å². The van der Waals surface area contributed by atoms with Crippen LogP contribution in [-0.4, -0.2) is 25.6 Å². The maximum absolute atomic E-state index is 11.6. The minimum atomic E-state index is -0.420. The fourth-order valence-electron chi connectivity index (χ4n) is 1.75. The van der Waals surface area contributed by atoms with Crippen molar-refractivity contribution in [1.82, 2.24) is 5.32 Å². The van der Waals surface area contributed by atoms with Crippen LogP contribution >= 0.6 is 12.4 Å². The van der Waals surface area contributed by atoms with Crippen LogP contribution < -0.4 is 15.8 Å². The Balaban J connectivity index is 0.00000361. The fraction of sp³-hybridized carbons (Fsp3) is 0.533. The van der Waals surface area contributed by atoms with Gasteiger partial charge in [-0.1, -0.05) is 26.0 Å². The van der Waals surface area contributed by atoms with Gasteiger partial charge in [0.1, 0.15) is 5.75 Å². The number of halogens is 1. The highest BCUT2D eigenvalue weighted by Crippen LogP contribution is 2.13. The number of amides is 1. The minimum Gasteiger partial charge on any atom is -0.497 e. The molecule has 114 valence electrons. The second-order valence-electron chi connectivity index (χ2n) is 5.02. The van der Waals surface area contributed by atoms with E-state index in [2.05, 4.69) is 11.4 Å². The zero-order chi connectivity index (χ0) is 14.3. The molecule has 1 amide bonds. The number of rotatable bonds is 7. The summed E-state index contributed by atoms with van der Waals surface area (Å²) in [5.74, 6) is 0.961. The van der Waals surface area contributed by atoms with Gasteiger partial charge in [0.25, 0.3) is 0 Å². The quantitative estimate of drug-likeness (QED) is 0.758. The molecule has 0 heterocycles. The Bertz CT molecular complexity index is 411. The number of benzene rings is 1. The lowest BCUT2D eigenvalue weighted by molar-refractivity contribution is -0.123. The zero-order valence-corrected chi connectivity index (χ0v) is 13.2. The van der Waals surface area contributed by atoms with Gasteiger partial charge in [-0.3, -0.25) is 4.79 Å². The Labute approximate surface area is 127 Å². The Kier molecular flexibility index (Phi) is 9.01. The van der Waals surface area contributed by atoms with Gasteiger partial charge in [0.2, 0.25) is 5.91 Å². The molecule has 5 heteroatoms. The van der Waals surface area contributed by atoms with Gasteiger partial charge in [0.15, 0.2) is 0 Å². The predicted octanol–water partition coefficient (Wildman–Crippen LogP) is 2.15. The van der Waals surface area contributed by atoms with Crippen molar-refractivity contribution in [3.8, 4) is 5.75 Å². The smallest absolute Gasteiger partial charge is 0.237 e. The van der Waals surface area contributed by atoms with Crippen LogP contribution in [0.5, 0.6) is 5.75 Å². The lowest BCUT2D eigenvalue weighted by Gasteiger charge is -2.15. The molecule has 0 bridgehead atoms. The molecule has 1 aromatic rings. The lowest BCUT2D eigenvalue weighted by atomic mass is 10.0. The average molecular weight is 301 g/mol. The van der Waals surface area contributed by atoms with Gasteiger partial charge < -0.3 is 15.8 Å². The fourth-order valence-corrected chi connectivity index (χ4v) is 1.75. The van der Waals surface area contributed by atoms with E-state index in [1.807, 2.05) is 32.0 Å². The molecule has 20 heavy (non-hydrogen) atoms. The van der Waals surface area contributed by atoms with Gasteiger partial charge in [0.05, 0.1) is 13.2 Å². The van der Waals surface area contributed by atoms with Gasteiger partial charge >= 0.3 is 0 Å². The van der Waals surface area contributed by atoms with E-state index in [1.165, 1.54) is 5.56 Å². The summed E-state index contributed by atoms with van der Waals surface area (Å²) in [6.45, 7) is 4.54. The van der Waals surface area contributed by atoms with Crippen LogP contribution in [0, 0.1) is 5.92 Å². The molecule has 0 spiro atoms. The molecule has 3 N–H and O–H groups in total. The van der Waals surface area contributed by atoms with E-state index in [0.717, 1.165) is 18.6 Å². The van der Waals surface area contributed by atoms with E-state index in [-0.39, 0.29) is 24.2 Å². The summed E-state index contributed by atoms with van der Waals surface area (Å²) >= 11 is 0. The van der Waals surface area contributed by atoms with Crippen LogP contribution in [0.15, 0.2) is 24.3 Å². The van der Waals surface area contributed by atoms with Crippen molar-refractivity contribution in [3.63, 3.8) is 0 Å².